The van der Waals surface area contributed by atoms with E-state index in [4.69, 9.17) is 16.3 Å². The lowest BCUT2D eigenvalue weighted by Gasteiger charge is -2.31. The summed E-state index contributed by atoms with van der Waals surface area (Å²) in [6.07, 6.45) is 0.523. The number of nitrogens with zero attached hydrogens (tertiary/aromatic N) is 1. The summed E-state index contributed by atoms with van der Waals surface area (Å²) < 4.78 is 33.2. The first-order valence-corrected chi connectivity index (χ1v) is 11.7. The van der Waals surface area contributed by atoms with E-state index in [1.807, 2.05) is 0 Å². The molecule has 1 fully saturated rings. The molecule has 1 saturated heterocycles. The maximum Gasteiger partial charge on any atom is 0.265 e. The van der Waals surface area contributed by atoms with Gasteiger partial charge in [-0.3, -0.25) is 9.59 Å². The van der Waals surface area contributed by atoms with Gasteiger partial charge in [-0.05, 0) is 62.2 Å². The molecule has 2 N–H and O–H groups in total. The topological polar surface area (TPSA) is 105 Å². The number of anilines is 2. The fraction of sp³-hybridized carbons (Fsp3) is 0.333. The molecule has 0 spiro atoms. The second-order valence-electron chi connectivity index (χ2n) is 7.61. The number of carbonyl (C=O) groups is 2. The number of hydrogen-bond donors (Lipinski definition) is 2. The molecule has 31 heavy (non-hydrogen) atoms. The average Bonchev–Trinajstić information content (AvgIpc) is 2.76. The number of benzene rings is 2. The largest absolute Gasteiger partial charge is 0.479 e. The molecule has 4 rings (SSSR count). The van der Waals surface area contributed by atoms with Crippen LogP contribution in [0.3, 0.4) is 0 Å². The molecule has 8 nitrogen and oxygen atoms in total. The van der Waals surface area contributed by atoms with Gasteiger partial charge in [0, 0.05) is 23.8 Å². The molecule has 2 aliphatic rings. The molecule has 2 amide bonds. The van der Waals surface area contributed by atoms with Crippen molar-refractivity contribution in [1.29, 1.82) is 0 Å². The monoisotopic (exact) mass is 463 g/mol. The van der Waals surface area contributed by atoms with Crippen molar-refractivity contribution in [3.05, 3.63) is 47.5 Å². The van der Waals surface area contributed by atoms with Crippen molar-refractivity contribution in [3.8, 4) is 5.75 Å². The summed E-state index contributed by atoms with van der Waals surface area (Å²) in [5, 5.41) is 6.04. The van der Waals surface area contributed by atoms with Crippen LogP contribution in [0.1, 0.15) is 19.8 Å². The molecule has 0 bridgehead atoms. The van der Waals surface area contributed by atoms with Gasteiger partial charge in [0.1, 0.15) is 5.75 Å². The molecular formula is C21H22ClN3O5S. The van der Waals surface area contributed by atoms with E-state index in [1.54, 1.807) is 31.2 Å². The first-order valence-electron chi connectivity index (χ1n) is 9.92. The van der Waals surface area contributed by atoms with Gasteiger partial charge in [-0.2, -0.15) is 4.31 Å². The summed E-state index contributed by atoms with van der Waals surface area (Å²) in [6, 6.07) is 11.1. The predicted molar refractivity (Wildman–Crippen MR) is 117 cm³/mol. The van der Waals surface area contributed by atoms with E-state index in [-0.39, 0.29) is 23.3 Å². The number of amides is 2. The number of halogens is 1. The number of carbonyl (C=O) groups excluding carboxylic acids is 2. The summed E-state index contributed by atoms with van der Waals surface area (Å²) in [5.74, 6) is -0.619. The molecule has 164 valence electrons. The molecule has 2 atom stereocenters. The van der Waals surface area contributed by atoms with Gasteiger partial charge in [0.15, 0.2) is 6.10 Å². The third kappa shape index (κ3) is 4.53. The summed E-state index contributed by atoms with van der Waals surface area (Å²) in [7, 11) is -3.84. The van der Waals surface area contributed by atoms with E-state index in [2.05, 4.69) is 10.6 Å². The molecular weight excluding hydrogens is 442 g/mol. The number of piperidine rings is 1. The normalized spacial score (nSPS) is 21.5. The van der Waals surface area contributed by atoms with E-state index in [1.165, 1.54) is 22.5 Å². The number of nitrogens with one attached hydrogen (secondary N) is 2. The third-order valence-corrected chi connectivity index (χ3v) is 7.50. The Kier molecular flexibility index (Phi) is 5.92. The summed E-state index contributed by atoms with van der Waals surface area (Å²) in [4.78, 5) is 24.6. The van der Waals surface area contributed by atoms with Crippen molar-refractivity contribution < 1.29 is 22.7 Å². The van der Waals surface area contributed by atoms with Gasteiger partial charge >= 0.3 is 0 Å². The Labute approximate surface area is 185 Å². The highest BCUT2D eigenvalue weighted by molar-refractivity contribution is 7.89. The van der Waals surface area contributed by atoms with Gasteiger partial charge in [-0.15, -0.1) is 0 Å². The van der Waals surface area contributed by atoms with Gasteiger partial charge in [-0.25, -0.2) is 8.42 Å². The smallest absolute Gasteiger partial charge is 0.265 e. The Morgan fingerprint density at radius 2 is 1.97 bits per heavy atom. The highest BCUT2D eigenvalue weighted by Gasteiger charge is 2.34. The maximum atomic E-state index is 13.2. The Hall–Kier alpha value is -2.62. The van der Waals surface area contributed by atoms with Crippen LogP contribution in [0.2, 0.25) is 5.02 Å². The molecule has 2 aliphatic heterocycles. The molecule has 10 heteroatoms. The summed E-state index contributed by atoms with van der Waals surface area (Å²) in [6.45, 7) is 2.02. The minimum atomic E-state index is -3.84. The van der Waals surface area contributed by atoms with Crippen molar-refractivity contribution >= 4 is 44.8 Å². The van der Waals surface area contributed by atoms with Crippen molar-refractivity contribution in [1.82, 2.24) is 4.31 Å². The number of fused-ring (bicyclic) bond motifs is 1. The van der Waals surface area contributed by atoms with E-state index in [0.29, 0.717) is 41.5 Å². The number of rotatable bonds is 4. The Morgan fingerprint density at radius 3 is 2.71 bits per heavy atom. The van der Waals surface area contributed by atoms with Gasteiger partial charge in [0.2, 0.25) is 15.9 Å². The maximum absolute atomic E-state index is 13.2. The summed E-state index contributed by atoms with van der Waals surface area (Å²) >= 11 is 5.87. The first kappa shape index (κ1) is 21.6. The molecule has 0 radical (unpaired) electrons. The van der Waals surface area contributed by atoms with Crippen molar-refractivity contribution in [2.24, 2.45) is 5.92 Å². The van der Waals surface area contributed by atoms with Crippen LogP contribution in [-0.2, 0) is 19.6 Å². The lowest BCUT2D eigenvalue weighted by Crippen LogP contribution is -2.43. The number of sulfonamides is 1. The summed E-state index contributed by atoms with van der Waals surface area (Å²) in [5.41, 5.74) is 0.923. The van der Waals surface area contributed by atoms with Crippen LogP contribution in [0.4, 0.5) is 11.4 Å². The number of hydrogen-bond acceptors (Lipinski definition) is 5. The van der Waals surface area contributed by atoms with Crippen LogP contribution in [0.15, 0.2) is 47.4 Å². The molecule has 2 aromatic rings. The number of ether oxygens (including phenoxy) is 1. The fourth-order valence-electron chi connectivity index (χ4n) is 3.65. The van der Waals surface area contributed by atoms with Crippen LogP contribution in [0, 0.1) is 5.92 Å². The van der Waals surface area contributed by atoms with Gasteiger partial charge in [0.05, 0.1) is 16.5 Å². The zero-order chi connectivity index (χ0) is 22.2. The molecule has 0 aliphatic carbocycles. The van der Waals surface area contributed by atoms with Crippen LogP contribution >= 0.6 is 11.6 Å². The van der Waals surface area contributed by atoms with Crippen LogP contribution in [0.25, 0.3) is 0 Å². The molecule has 0 aromatic heterocycles. The lowest BCUT2D eigenvalue weighted by atomic mass is 9.99. The van der Waals surface area contributed by atoms with Crippen molar-refractivity contribution in [2.75, 3.05) is 23.7 Å². The van der Waals surface area contributed by atoms with Crippen LogP contribution in [-0.4, -0.2) is 43.7 Å². The second kappa shape index (κ2) is 8.49. The zero-order valence-electron chi connectivity index (χ0n) is 16.8. The van der Waals surface area contributed by atoms with E-state index in [9.17, 15) is 18.0 Å². The van der Waals surface area contributed by atoms with Gasteiger partial charge < -0.3 is 15.4 Å². The second-order valence-corrected chi connectivity index (χ2v) is 9.98. The van der Waals surface area contributed by atoms with Crippen LogP contribution < -0.4 is 15.4 Å². The first-order chi connectivity index (χ1) is 14.7. The Bertz CT molecular complexity index is 1120. The van der Waals surface area contributed by atoms with Crippen LogP contribution in [0.5, 0.6) is 5.75 Å². The molecule has 0 saturated carbocycles. The quantitative estimate of drug-likeness (QED) is 0.724. The average molecular weight is 464 g/mol. The minimum absolute atomic E-state index is 0.0449. The molecule has 2 heterocycles. The fourth-order valence-corrected chi connectivity index (χ4v) is 5.33. The SMILES string of the molecule is C[C@H]1Oc2ccc(S(=O)(=O)N3CCC[C@H](C(=O)Nc4ccc(Cl)cc4)C3)cc2NC1=O. The van der Waals surface area contributed by atoms with Gasteiger partial charge in [-0.1, -0.05) is 11.6 Å². The molecule has 2 aromatic carbocycles. The van der Waals surface area contributed by atoms with Gasteiger partial charge in [0.25, 0.3) is 5.91 Å². The Balaban J connectivity index is 1.49. The highest BCUT2D eigenvalue weighted by atomic mass is 35.5. The van der Waals surface area contributed by atoms with E-state index >= 15 is 0 Å². The standard InChI is InChI=1S/C21H22ClN3O5S/c1-13-20(26)24-18-11-17(8-9-19(18)30-13)31(28,29)25-10-2-3-14(12-25)21(27)23-16-6-4-15(22)5-7-16/h4-9,11,13-14H,2-3,10,12H2,1H3,(H,23,27)(H,24,26)/t13-,14+/m1/s1. The lowest BCUT2D eigenvalue weighted by molar-refractivity contribution is -0.123. The predicted octanol–water partition coefficient (Wildman–Crippen LogP) is 3.10. The van der Waals surface area contributed by atoms with E-state index in [0.717, 1.165) is 0 Å². The van der Waals surface area contributed by atoms with Crippen molar-refractivity contribution in [3.63, 3.8) is 0 Å². The highest BCUT2D eigenvalue weighted by Crippen LogP contribution is 2.33. The van der Waals surface area contributed by atoms with Crippen molar-refractivity contribution in [2.45, 2.75) is 30.8 Å². The third-order valence-electron chi connectivity index (χ3n) is 5.39. The Morgan fingerprint density at radius 1 is 1.23 bits per heavy atom. The zero-order valence-corrected chi connectivity index (χ0v) is 18.4. The minimum Gasteiger partial charge on any atom is -0.479 e. The van der Waals surface area contributed by atoms with E-state index < -0.39 is 22.0 Å². The molecule has 0 unspecified atom stereocenters.